The molecule has 0 fully saturated rings. The van der Waals surface area contributed by atoms with Crippen LogP contribution in [-0.2, 0) is 7.05 Å². The van der Waals surface area contributed by atoms with Gasteiger partial charge in [0.1, 0.15) is 4.88 Å². The lowest BCUT2D eigenvalue weighted by Crippen LogP contribution is -2.11. The second-order valence-electron chi connectivity index (χ2n) is 4.20. The molecule has 96 valence electrons. The molecule has 0 aliphatic rings. The molecule has 5 nitrogen and oxygen atoms in total. The SMILES string of the molecule is Cn1cc(NC(=O)c2sc3ccccc3c2N)cn1. The number of rotatable bonds is 2. The first-order chi connectivity index (χ1) is 9.15. The lowest BCUT2D eigenvalue weighted by atomic mass is 10.2. The Morgan fingerprint density at radius 3 is 2.89 bits per heavy atom. The molecular weight excluding hydrogens is 260 g/mol. The van der Waals surface area contributed by atoms with Crippen LogP contribution in [0.5, 0.6) is 0 Å². The van der Waals surface area contributed by atoms with Crippen LogP contribution in [0.2, 0.25) is 0 Å². The van der Waals surface area contributed by atoms with Gasteiger partial charge >= 0.3 is 0 Å². The van der Waals surface area contributed by atoms with Crippen molar-refractivity contribution >= 4 is 38.7 Å². The fourth-order valence-electron chi connectivity index (χ4n) is 1.91. The third-order valence-electron chi connectivity index (χ3n) is 2.80. The molecule has 0 saturated heterocycles. The summed E-state index contributed by atoms with van der Waals surface area (Å²) in [7, 11) is 1.80. The number of aromatic nitrogens is 2. The van der Waals surface area contributed by atoms with E-state index in [1.165, 1.54) is 11.3 Å². The highest BCUT2D eigenvalue weighted by Gasteiger charge is 2.16. The lowest BCUT2D eigenvalue weighted by molar-refractivity contribution is 0.103. The van der Waals surface area contributed by atoms with E-state index >= 15 is 0 Å². The number of carbonyl (C=O) groups excluding carboxylic acids is 1. The van der Waals surface area contributed by atoms with Gasteiger partial charge in [-0.1, -0.05) is 18.2 Å². The van der Waals surface area contributed by atoms with Gasteiger partial charge in [0.25, 0.3) is 5.91 Å². The largest absolute Gasteiger partial charge is 0.397 e. The number of nitrogens with one attached hydrogen (secondary N) is 1. The molecular formula is C13H12N4OS. The minimum atomic E-state index is -0.202. The Bertz CT molecular complexity index is 759. The van der Waals surface area contributed by atoms with Crippen LogP contribution in [0.4, 0.5) is 11.4 Å². The molecule has 3 N–H and O–H groups in total. The fourth-order valence-corrected chi connectivity index (χ4v) is 2.93. The predicted molar refractivity (Wildman–Crippen MR) is 77.4 cm³/mol. The Labute approximate surface area is 113 Å². The second kappa shape index (κ2) is 4.40. The summed E-state index contributed by atoms with van der Waals surface area (Å²) in [4.78, 5) is 12.7. The molecule has 1 aromatic carbocycles. The van der Waals surface area contributed by atoms with Crippen molar-refractivity contribution in [3.8, 4) is 0 Å². The van der Waals surface area contributed by atoms with Gasteiger partial charge < -0.3 is 11.1 Å². The number of nitrogen functional groups attached to an aromatic ring is 1. The van der Waals surface area contributed by atoms with E-state index in [0.29, 0.717) is 16.3 Å². The number of amides is 1. The van der Waals surface area contributed by atoms with Gasteiger partial charge in [0.15, 0.2) is 0 Å². The van der Waals surface area contributed by atoms with Gasteiger partial charge in [-0.2, -0.15) is 5.10 Å². The zero-order chi connectivity index (χ0) is 13.4. The van der Waals surface area contributed by atoms with Crippen molar-refractivity contribution in [1.29, 1.82) is 0 Å². The molecule has 0 aliphatic carbocycles. The lowest BCUT2D eigenvalue weighted by Gasteiger charge is -2.00. The highest BCUT2D eigenvalue weighted by molar-refractivity contribution is 7.21. The van der Waals surface area contributed by atoms with Gasteiger partial charge in [-0.3, -0.25) is 9.48 Å². The second-order valence-corrected chi connectivity index (χ2v) is 5.25. The summed E-state index contributed by atoms with van der Waals surface area (Å²) in [5.41, 5.74) is 7.21. The molecule has 2 aromatic heterocycles. The van der Waals surface area contributed by atoms with Gasteiger partial charge in [0.05, 0.1) is 17.6 Å². The number of fused-ring (bicyclic) bond motifs is 1. The van der Waals surface area contributed by atoms with Crippen LogP contribution in [0, 0.1) is 0 Å². The molecule has 0 aliphatic heterocycles. The van der Waals surface area contributed by atoms with Crippen molar-refractivity contribution in [2.75, 3.05) is 11.1 Å². The number of thiophene rings is 1. The van der Waals surface area contributed by atoms with E-state index in [2.05, 4.69) is 10.4 Å². The highest BCUT2D eigenvalue weighted by Crippen LogP contribution is 2.33. The quantitative estimate of drug-likeness (QED) is 0.752. The predicted octanol–water partition coefficient (Wildman–Crippen LogP) is 2.47. The van der Waals surface area contributed by atoms with E-state index in [-0.39, 0.29) is 5.91 Å². The third kappa shape index (κ3) is 2.06. The molecule has 3 aromatic rings. The van der Waals surface area contributed by atoms with Crippen LogP contribution in [0.1, 0.15) is 9.67 Å². The molecule has 1 amide bonds. The van der Waals surface area contributed by atoms with E-state index in [9.17, 15) is 4.79 Å². The molecule has 19 heavy (non-hydrogen) atoms. The number of anilines is 2. The van der Waals surface area contributed by atoms with Gasteiger partial charge in [-0.15, -0.1) is 11.3 Å². The summed E-state index contributed by atoms with van der Waals surface area (Å²) in [6.07, 6.45) is 3.34. The average molecular weight is 272 g/mol. The number of hydrogen-bond acceptors (Lipinski definition) is 4. The Kier molecular flexibility index (Phi) is 2.72. The molecule has 0 saturated carbocycles. The van der Waals surface area contributed by atoms with E-state index < -0.39 is 0 Å². The minimum absolute atomic E-state index is 0.202. The van der Waals surface area contributed by atoms with Crippen molar-refractivity contribution in [3.05, 3.63) is 41.5 Å². The van der Waals surface area contributed by atoms with Crippen LogP contribution in [0.15, 0.2) is 36.7 Å². The number of aryl methyl sites for hydroxylation is 1. The Morgan fingerprint density at radius 1 is 1.42 bits per heavy atom. The summed E-state index contributed by atoms with van der Waals surface area (Å²) in [5, 5.41) is 7.71. The van der Waals surface area contributed by atoms with Crippen LogP contribution in [0.3, 0.4) is 0 Å². The summed E-state index contributed by atoms with van der Waals surface area (Å²) in [6, 6.07) is 7.72. The summed E-state index contributed by atoms with van der Waals surface area (Å²) >= 11 is 1.39. The van der Waals surface area contributed by atoms with Gasteiger partial charge in [-0.25, -0.2) is 0 Å². The zero-order valence-electron chi connectivity index (χ0n) is 10.3. The standard InChI is InChI=1S/C13H12N4OS/c1-17-7-8(6-15-17)16-13(18)12-11(14)9-4-2-3-5-10(9)19-12/h2-7H,14H2,1H3,(H,16,18). The summed E-state index contributed by atoms with van der Waals surface area (Å²) in [5.74, 6) is -0.202. The maximum absolute atomic E-state index is 12.2. The molecule has 6 heteroatoms. The molecule has 0 unspecified atom stereocenters. The summed E-state index contributed by atoms with van der Waals surface area (Å²) < 4.78 is 2.64. The molecule has 0 bridgehead atoms. The first-order valence-electron chi connectivity index (χ1n) is 5.72. The first kappa shape index (κ1) is 11.7. The van der Waals surface area contributed by atoms with Crippen LogP contribution in [-0.4, -0.2) is 15.7 Å². The van der Waals surface area contributed by atoms with Gasteiger partial charge in [0.2, 0.25) is 0 Å². The van der Waals surface area contributed by atoms with Gasteiger partial charge in [-0.05, 0) is 6.07 Å². The minimum Gasteiger partial charge on any atom is -0.397 e. The molecule has 0 atom stereocenters. The maximum atomic E-state index is 12.2. The van der Waals surface area contributed by atoms with E-state index in [0.717, 1.165) is 10.1 Å². The Hall–Kier alpha value is -2.34. The van der Waals surface area contributed by atoms with Crippen LogP contribution < -0.4 is 11.1 Å². The molecule has 3 rings (SSSR count). The normalized spacial score (nSPS) is 10.8. The van der Waals surface area contributed by atoms with Crippen molar-refractivity contribution in [1.82, 2.24) is 9.78 Å². The number of nitrogens with zero attached hydrogens (tertiary/aromatic N) is 2. The molecule has 0 spiro atoms. The van der Waals surface area contributed by atoms with Crippen LogP contribution in [0.25, 0.3) is 10.1 Å². The van der Waals surface area contributed by atoms with Gasteiger partial charge in [0, 0.05) is 23.3 Å². The highest BCUT2D eigenvalue weighted by atomic mass is 32.1. The molecule has 0 radical (unpaired) electrons. The fraction of sp³-hybridized carbons (Fsp3) is 0.0769. The van der Waals surface area contributed by atoms with E-state index in [1.807, 2.05) is 24.3 Å². The van der Waals surface area contributed by atoms with E-state index in [1.54, 1.807) is 24.1 Å². The van der Waals surface area contributed by atoms with Crippen molar-refractivity contribution in [3.63, 3.8) is 0 Å². The van der Waals surface area contributed by atoms with E-state index in [4.69, 9.17) is 5.73 Å². The van der Waals surface area contributed by atoms with Crippen LogP contribution >= 0.6 is 11.3 Å². The summed E-state index contributed by atoms with van der Waals surface area (Å²) in [6.45, 7) is 0. The number of hydrogen-bond donors (Lipinski definition) is 2. The average Bonchev–Trinajstić information content (AvgIpc) is 2.94. The number of carbonyl (C=O) groups is 1. The molecule has 2 heterocycles. The van der Waals surface area contributed by atoms with Crippen molar-refractivity contribution in [2.45, 2.75) is 0 Å². The maximum Gasteiger partial charge on any atom is 0.267 e. The Balaban J connectivity index is 1.95. The third-order valence-corrected chi connectivity index (χ3v) is 3.99. The van der Waals surface area contributed by atoms with Crippen molar-refractivity contribution in [2.24, 2.45) is 7.05 Å². The zero-order valence-corrected chi connectivity index (χ0v) is 11.1. The number of nitrogens with two attached hydrogens (primary N) is 1. The first-order valence-corrected chi connectivity index (χ1v) is 6.54. The monoisotopic (exact) mass is 272 g/mol. The van der Waals surface area contributed by atoms with Crippen molar-refractivity contribution < 1.29 is 4.79 Å². The number of benzene rings is 1. The Morgan fingerprint density at radius 2 is 2.21 bits per heavy atom. The topological polar surface area (TPSA) is 72.9 Å². The smallest absolute Gasteiger partial charge is 0.267 e.